The van der Waals surface area contributed by atoms with E-state index in [9.17, 15) is 8.78 Å². The molecule has 0 heterocycles. The van der Waals surface area contributed by atoms with Crippen LogP contribution in [0.3, 0.4) is 0 Å². The molecule has 2 unspecified atom stereocenters. The van der Waals surface area contributed by atoms with Crippen LogP contribution < -0.4 is 10.1 Å². The normalized spacial score (nSPS) is 14.3. The maximum Gasteiger partial charge on any atom is 0.387 e. The van der Waals surface area contributed by atoms with E-state index in [4.69, 9.17) is 0 Å². The minimum absolute atomic E-state index is 0.201. The van der Waals surface area contributed by atoms with Crippen molar-refractivity contribution in [3.05, 3.63) is 29.8 Å². The summed E-state index contributed by atoms with van der Waals surface area (Å²) in [4.78, 5) is 0. The fourth-order valence-electron chi connectivity index (χ4n) is 2.24. The first-order valence-corrected chi connectivity index (χ1v) is 7.33. The third kappa shape index (κ3) is 6.33. The topological polar surface area (TPSA) is 21.3 Å². The Balaban J connectivity index is 2.44. The Morgan fingerprint density at radius 3 is 2.30 bits per heavy atom. The summed E-state index contributed by atoms with van der Waals surface area (Å²) in [6.07, 6.45) is 4.89. The van der Waals surface area contributed by atoms with Crippen LogP contribution in [0.2, 0.25) is 0 Å². The number of benzene rings is 1. The van der Waals surface area contributed by atoms with Gasteiger partial charge in [0.05, 0.1) is 0 Å². The Hall–Kier alpha value is -1.16. The van der Waals surface area contributed by atoms with Gasteiger partial charge in [-0.3, -0.25) is 0 Å². The zero-order chi connectivity index (χ0) is 15.0. The van der Waals surface area contributed by atoms with E-state index in [0.29, 0.717) is 6.04 Å². The number of rotatable bonds is 9. The smallest absolute Gasteiger partial charge is 0.387 e. The van der Waals surface area contributed by atoms with Gasteiger partial charge in [-0.15, -0.1) is 0 Å². The van der Waals surface area contributed by atoms with E-state index >= 15 is 0 Å². The molecule has 1 N–H and O–H groups in total. The molecule has 0 saturated carbocycles. The molecule has 114 valence electrons. The second kappa shape index (κ2) is 8.90. The minimum atomic E-state index is -2.77. The maximum absolute atomic E-state index is 12.1. The van der Waals surface area contributed by atoms with Crippen LogP contribution in [0.25, 0.3) is 0 Å². The van der Waals surface area contributed by atoms with Crippen molar-refractivity contribution in [2.75, 3.05) is 0 Å². The molecule has 2 nitrogen and oxygen atoms in total. The highest BCUT2D eigenvalue weighted by molar-refractivity contribution is 5.29. The lowest BCUT2D eigenvalue weighted by molar-refractivity contribution is -0.0498. The average Bonchev–Trinajstić information content (AvgIpc) is 2.39. The SMILES string of the molecule is CCCCCC(C)NC(C)c1ccc(OC(F)F)cc1. The number of alkyl halides is 2. The summed E-state index contributed by atoms with van der Waals surface area (Å²) >= 11 is 0. The number of nitrogens with one attached hydrogen (secondary N) is 1. The Labute approximate surface area is 120 Å². The highest BCUT2D eigenvalue weighted by Crippen LogP contribution is 2.20. The molecule has 1 rings (SSSR count). The molecule has 20 heavy (non-hydrogen) atoms. The van der Waals surface area contributed by atoms with E-state index in [-0.39, 0.29) is 11.8 Å². The summed E-state index contributed by atoms with van der Waals surface area (Å²) in [5, 5.41) is 3.53. The molecule has 0 spiro atoms. The van der Waals surface area contributed by atoms with Gasteiger partial charge in [-0.25, -0.2) is 0 Å². The van der Waals surface area contributed by atoms with Gasteiger partial charge in [0, 0.05) is 12.1 Å². The first-order valence-electron chi connectivity index (χ1n) is 7.33. The quantitative estimate of drug-likeness (QED) is 0.651. The van der Waals surface area contributed by atoms with Crippen molar-refractivity contribution in [3.63, 3.8) is 0 Å². The number of ether oxygens (including phenoxy) is 1. The van der Waals surface area contributed by atoms with Crippen LogP contribution in [-0.4, -0.2) is 12.7 Å². The van der Waals surface area contributed by atoms with E-state index in [1.54, 1.807) is 12.1 Å². The van der Waals surface area contributed by atoms with Crippen molar-refractivity contribution in [1.29, 1.82) is 0 Å². The van der Waals surface area contributed by atoms with Gasteiger partial charge in [0.15, 0.2) is 0 Å². The van der Waals surface area contributed by atoms with Crippen molar-refractivity contribution >= 4 is 0 Å². The molecule has 0 amide bonds. The van der Waals surface area contributed by atoms with Crippen molar-refractivity contribution < 1.29 is 13.5 Å². The monoisotopic (exact) mass is 285 g/mol. The molecule has 0 radical (unpaired) electrons. The summed E-state index contributed by atoms with van der Waals surface area (Å²) < 4.78 is 28.5. The number of halogens is 2. The molecule has 0 bridgehead atoms. The molecule has 2 atom stereocenters. The summed E-state index contributed by atoms with van der Waals surface area (Å²) in [5.74, 6) is 0.201. The van der Waals surface area contributed by atoms with Gasteiger partial charge in [0.25, 0.3) is 0 Å². The van der Waals surface area contributed by atoms with Gasteiger partial charge in [-0.1, -0.05) is 38.3 Å². The number of hydrogen-bond donors (Lipinski definition) is 1. The second-order valence-electron chi connectivity index (χ2n) is 5.23. The van der Waals surface area contributed by atoms with Crippen LogP contribution in [0.1, 0.15) is 58.1 Å². The van der Waals surface area contributed by atoms with Crippen molar-refractivity contribution in [1.82, 2.24) is 5.32 Å². The Morgan fingerprint density at radius 2 is 1.75 bits per heavy atom. The third-order valence-corrected chi connectivity index (χ3v) is 3.38. The summed E-state index contributed by atoms with van der Waals surface area (Å²) in [5.41, 5.74) is 1.08. The lowest BCUT2D eigenvalue weighted by Crippen LogP contribution is -2.28. The van der Waals surface area contributed by atoms with Crippen molar-refractivity contribution in [2.24, 2.45) is 0 Å². The molecule has 0 fully saturated rings. The lowest BCUT2D eigenvalue weighted by Gasteiger charge is -2.20. The number of unbranched alkanes of at least 4 members (excludes halogenated alkanes) is 2. The largest absolute Gasteiger partial charge is 0.435 e. The Morgan fingerprint density at radius 1 is 1.10 bits per heavy atom. The molecular weight excluding hydrogens is 260 g/mol. The van der Waals surface area contributed by atoms with Crippen LogP contribution in [-0.2, 0) is 0 Å². The summed E-state index contributed by atoms with van der Waals surface area (Å²) in [6, 6.07) is 7.48. The highest BCUT2D eigenvalue weighted by Gasteiger charge is 2.10. The van der Waals surface area contributed by atoms with E-state index in [2.05, 4.69) is 30.8 Å². The van der Waals surface area contributed by atoms with Crippen LogP contribution >= 0.6 is 0 Å². The summed E-state index contributed by atoms with van der Waals surface area (Å²) in [6.45, 7) is 3.69. The van der Waals surface area contributed by atoms with Crippen LogP contribution in [0.5, 0.6) is 5.75 Å². The van der Waals surface area contributed by atoms with E-state index < -0.39 is 6.61 Å². The van der Waals surface area contributed by atoms with E-state index in [1.807, 2.05) is 12.1 Å². The molecule has 4 heteroatoms. The van der Waals surface area contributed by atoms with Gasteiger partial charge in [0.1, 0.15) is 5.75 Å². The summed E-state index contributed by atoms with van der Waals surface area (Å²) in [7, 11) is 0. The van der Waals surface area contributed by atoms with Gasteiger partial charge in [0.2, 0.25) is 0 Å². The molecule has 1 aromatic rings. The first kappa shape index (κ1) is 16.9. The third-order valence-electron chi connectivity index (χ3n) is 3.38. The molecule has 0 aromatic heterocycles. The molecular formula is C16H25F2NO. The zero-order valence-corrected chi connectivity index (χ0v) is 12.5. The molecule has 1 aromatic carbocycles. The second-order valence-corrected chi connectivity index (χ2v) is 5.23. The predicted molar refractivity (Wildman–Crippen MR) is 78.2 cm³/mol. The Kier molecular flexibility index (Phi) is 7.52. The van der Waals surface area contributed by atoms with Crippen LogP contribution in [0.4, 0.5) is 8.78 Å². The first-order chi connectivity index (χ1) is 9.52. The lowest BCUT2D eigenvalue weighted by atomic mass is 10.1. The van der Waals surface area contributed by atoms with Gasteiger partial charge < -0.3 is 10.1 Å². The van der Waals surface area contributed by atoms with E-state index in [0.717, 1.165) is 12.0 Å². The van der Waals surface area contributed by atoms with Crippen LogP contribution in [0.15, 0.2) is 24.3 Å². The average molecular weight is 285 g/mol. The standard InChI is InChI=1S/C16H25F2NO/c1-4-5-6-7-12(2)19-13(3)14-8-10-15(11-9-14)20-16(17)18/h8-13,16,19H,4-7H2,1-3H3. The molecule has 0 aliphatic rings. The molecule has 0 aliphatic carbocycles. The molecule has 0 aliphatic heterocycles. The van der Waals surface area contributed by atoms with Crippen molar-refractivity contribution in [2.45, 2.75) is 65.1 Å². The van der Waals surface area contributed by atoms with Gasteiger partial charge >= 0.3 is 6.61 Å². The van der Waals surface area contributed by atoms with E-state index in [1.165, 1.54) is 19.3 Å². The van der Waals surface area contributed by atoms with Crippen LogP contribution in [0, 0.1) is 0 Å². The predicted octanol–water partition coefficient (Wildman–Crippen LogP) is 4.91. The maximum atomic E-state index is 12.1. The fourth-order valence-corrected chi connectivity index (χ4v) is 2.24. The highest BCUT2D eigenvalue weighted by atomic mass is 19.3. The fraction of sp³-hybridized carbons (Fsp3) is 0.625. The zero-order valence-electron chi connectivity index (χ0n) is 12.5. The minimum Gasteiger partial charge on any atom is -0.435 e. The van der Waals surface area contributed by atoms with Gasteiger partial charge in [-0.05, 0) is 38.0 Å². The number of hydrogen-bond acceptors (Lipinski definition) is 2. The molecule has 0 saturated heterocycles. The Bertz CT molecular complexity index is 367. The van der Waals surface area contributed by atoms with Crippen molar-refractivity contribution in [3.8, 4) is 5.75 Å². The van der Waals surface area contributed by atoms with Gasteiger partial charge in [-0.2, -0.15) is 8.78 Å².